The zero-order valence-corrected chi connectivity index (χ0v) is 12.9. The summed E-state index contributed by atoms with van der Waals surface area (Å²) in [5.74, 6) is 0. The first-order valence-corrected chi connectivity index (χ1v) is 8.50. The average Bonchev–Trinajstić information content (AvgIpc) is 2.41. The minimum Gasteiger partial charge on any atom is -0.398 e. The van der Waals surface area contributed by atoms with Gasteiger partial charge in [-0.05, 0) is 57.1 Å². The molecular weight excluding hydrogens is 274 g/mol. The molecule has 1 heterocycles. The topological polar surface area (TPSA) is 75.4 Å². The Balaban J connectivity index is 2.12. The van der Waals surface area contributed by atoms with Crippen molar-refractivity contribution in [1.29, 1.82) is 0 Å². The van der Waals surface area contributed by atoms with Gasteiger partial charge in [0.15, 0.2) is 0 Å². The van der Waals surface area contributed by atoms with Gasteiger partial charge in [-0.15, -0.1) is 0 Å². The molecule has 0 bridgehead atoms. The second-order valence-corrected chi connectivity index (χ2v) is 7.13. The van der Waals surface area contributed by atoms with Gasteiger partial charge in [0.1, 0.15) is 0 Å². The maximum atomic E-state index is 12.4. The van der Waals surface area contributed by atoms with Crippen LogP contribution in [0.25, 0.3) is 0 Å². The molecule has 1 saturated heterocycles. The summed E-state index contributed by atoms with van der Waals surface area (Å²) in [6.07, 6.45) is 2.49. The lowest BCUT2D eigenvalue weighted by Crippen LogP contribution is -2.43. The van der Waals surface area contributed by atoms with E-state index < -0.39 is 10.0 Å². The third-order valence-corrected chi connectivity index (χ3v) is 5.37. The number of likely N-dealkylation sites (tertiary alicyclic amines) is 1. The molecule has 6 heteroatoms. The van der Waals surface area contributed by atoms with Crippen molar-refractivity contribution >= 4 is 15.7 Å². The average molecular weight is 297 g/mol. The highest BCUT2D eigenvalue weighted by Gasteiger charge is 2.23. The first-order valence-electron chi connectivity index (χ1n) is 7.01. The predicted octanol–water partition coefficient (Wildman–Crippen LogP) is 1.20. The number of hydrogen-bond donors (Lipinski definition) is 2. The van der Waals surface area contributed by atoms with Gasteiger partial charge in [0.05, 0.1) is 4.90 Å². The molecule has 0 spiro atoms. The minimum atomic E-state index is -3.47. The number of aryl methyl sites for hydroxylation is 1. The molecule has 0 unspecified atom stereocenters. The molecule has 0 atom stereocenters. The van der Waals surface area contributed by atoms with Crippen LogP contribution in [-0.2, 0) is 16.4 Å². The van der Waals surface area contributed by atoms with Crippen molar-refractivity contribution in [2.75, 3.05) is 25.9 Å². The van der Waals surface area contributed by atoms with Crippen LogP contribution in [0.15, 0.2) is 23.1 Å². The van der Waals surface area contributed by atoms with Crippen LogP contribution in [0.2, 0.25) is 0 Å². The van der Waals surface area contributed by atoms with Crippen LogP contribution in [0.3, 0.4) is 0 Å². The Labute approximate surface area is 121 Å². The number of nitrogens with one attached hydrogen (secondary N) is 1. The molecule has 0 aliphatic carbocycles. The highest BCUT2D eigenvalue weighted by Crippen LogP contribution is 2.20. The van der Waals surface area contributed by atoms with E-state index in [4.69, 9.17) is 5.73 Å². The van der Waals surface area contributed by atoms with Crippen LogP contribution < -0.4 is 10.5 Å². The highest BCUT2D eigenvalue weighted by molar-refractivity contribution is 7.89. The lowest BCUT2D eigenvalue weighted by atomic mass is 10.1. The highest BCUT2D eigenvalue weighted by atomic mass is 32.2. The maximum absolute atomic E-state index is 12.4. The fraction of sp³-hybridized carbons (Fsp3) is 0.571. The quantitative estimate of drug-likeness (QED) is 0.819. The lowest BCUT2D eigenvalue weighted by molar-refractivity contribution is 0.248. The number of nitrogen functional groups attached to an aromatic ring is 1. The molecule has 2 rings (SSSR count). The summed E-state index contributed by atoms with van der Waals surface area (Å²) in [6, 6.07) is 4.99. The molecule has 1 aliphatic heterocycles. The van der Waals surface area contributed by atoms with E-state index in [0.717, 1.165) is 37.9 Å². The molecule has 0 aromatic heterocycles. The Kier molecular flexibility index (Phi) is 4.67. The number of benzene rings is 1. The molecule has 0 amide bonds. The molecule has 1 aromatic carbocycles. The second kappa shape index (κ2) is 6.11. The smallest absolute Gasteiger partial charge is 0.240 e. The largest absolute Gasteiger partial charge is 0.398 e. The van der Waals surface area contributed by atoms with Gasteiger partial charge in [-0.25, -0.2) is 13.1 Å². The van der Waals surface area contributed by atoms with Crippen LogP contribution in [0.1, 0.15) is 25.3 Å². The van der Waals surface area contributed by atoms with Crippen molar-refractivity contribution in [3.63, 3.8) is 0 Å². The second-order valence-electron chi connectivity index (χ2n) is 5.41. The molecule has 112 valence electrons. The SMILES string of the molecule is CCc1ccc(S(=O)(=O)NC2CCN(C)CC2)cc1N. The van der Waals surface area contributed by atoms with Crippen molar-refractivity contribution in [3.05, 3.63) is 23.8 Å². The number of piperidine rings is 1. The first-order chi connectivity index (χ1) is 9.42. The van der Waals surface area contributed by atoms with Gasteiger partial charge in [-0.3, -0.25) is 0 Å². The van der Waals surface area contributed by atoms with Crippen molar-refractivity contribution < 1.29 is 8.42 Å². The zero-order chi connectivity index (χ0) is 14.8. The number of rotatable bonds is 4. The minimum absolute atomic E-state index is 0.0169. The van der Waals surface area contributed by atoms with Crippen LogP contribution >= 0.6 is 0 Å². The standard InChI is InChI=1S/C14H23N3O2S/c1-3-11-4-5-13(10-14(11)15)20(18,19)16-12-6-8-17(2)9-7-12/h4-5,10,12,16H,3,6-9,15H2,1-2H3. The van der Waals surface area contributed by atoms with Crippen LogP contribution in [0, 0.1) is 0 Å². The third kappa shape index (κ3) is 3.50. The van der Waals surface area contributed by atoms with E-state index in [-0.39, 0.29) is 10.9 Å². The van der Waals surface area contributed by atoms with Crippen molar-refractivity contribution in [1.82, 2.24) is 9.62 Å². The molecule has 0 radical (unpaired) electrons. The summed E-state index contributed by atoms with van der Waals surface area (Å²) in [5.41, 5.74) is 7.40. The molecule has 1 fully saturated rings. The molecule has 0 saturated carbocycles. The van der Waals surface area contributed by atoms with Crippen molar-refractivity contribution in [3.8, 4) is 0 Å². The Morgan fingerprint density at radius 2 is 2.00 bits per heavy atom. The predicted molar refractivity (Wildman–Crippen MR) is 81.1 cm³/mol. The van der Waals surface area contributed by atoms with E-state index in [1.807, 2.05) is 6.92 Å². The number of nitrogens with two attached hydrogens (primary N) is 1. The Hall–Kier alpha value is -1.11. The summed E-state index contributed by atoms with van der Waals surface area (Å²) >= 11 is 0. The molecule has 1 aliphatic rings. The summed E-state index contributed by atoms with van der Waals surface area (Å²) in [5, 5.41) is 0. The van der Waals surface area contributed by atoms with Crippen LogP contribution in [0.4, 0.5) is 5.69 Å². The summed E-state index contributed by atoms with van der Waals surface area (Å²) < 4.78 is 27.5. The fourth-order valence-corrected chi connectivity index (χ4v) is 3.82. The van der Waals surface area contributed by atoms with Gasteiger partial charge in [0, 0.05) is 11.7 Å². The maximum Gasteiger partial charge on any atom is 0.240 e. The van der Waals surface area contributed by atoms with E-state index in [2.05, 4.69) is 16.7 Å². The summed E-state index contributed by atoms with van der Waals surface area (Å²) in [7, 11) is -1.42. The molecule has 3 N–H and O–H groups in total. The number of sulfonamides is 1. The first kappa shape index (κ1) is 15.3. The van der Waals surface area contributed by atoms with Gasteiger partial charge in [-0.1, -0.05) is 13.0 Å². The van der Waals surface area contributed by atoms with Gasteiger partial charge in [0.25, 0.3) is 0 Å². The molecule has 5 nitrogen and oxygen atoms in total. The van der Waals surface area contributed by atoms with Gasteiger partial charge >= 0.3 is 0 Å². The van der Waals surface area contributed by atoms with Gasteiger partial charge in [0.2, 0.25) is 10.0 Å². The van der Waals surface area contributed by atoms with Crippen LogP contribution in [-0.4, -0.2) is 39.5 Å². The van der Waals surface area contributed by atoms with E-state index in [0.29, 0.717) is 5.69 Å². The van der Waals surface area contributed by atoms with E-state index in [1.165, 1.54) is 0 Å². The Morgan fingerprint density at radius 1 is 1.35 bits per heavy atom. The van der Waals surface area contributed by atoms with E-state index in [9.17, 15) is 8.42 Å². The van der Waals surface area contributed by atoms with E-state index in [1.54, 1.807) is 18.2 Å². The van der Waals surface area contributed by atoms with Crippen LogP contribution in [0.5, 0.6) is 0 Å². The monoisotopic (exact) mass is 297 g/mol. The molecule has 1 aromatic rings. The van der Waals surface area contributed by atoms with Gasteiger partial charge in [-0.2, -0.15) is 0 Å². The normalized spacial score (nSPS) is 18.3. The van der Waals surface area contributed by atoms with Crippen molar-refractivity contribution in [2.24, 2.45) is 0 Å². The number of anilines is 1. The zero-order valence-electron chi connectivity index (χ0n) is 12.1. The number of hydrogen-bond acceptors (Lipinski definition) is 4. The lowest BCUT2D eigenvalue weighted by Gasteiger charge is -2.29. The van der Waals surface area contributed by atoms with Gasteiger partial charge < -0.3 is 10.6 Å². The van der Waals surface area contributed by atoms with Crippen molar-refractivity contribution in [2.45, 2.75) is 37.1 Å². The third-order valence-electron chi connectivity index (χ3n) is 3.85. The van der Waals surface area contributed by atoms with E-state index >= 15 is 0 Å². The molecular formula is C14H23N3O2S. The summed E-state index contributed by atoms with van der Waals surface area (Å²) in [4.78, 5) is 2.46. The Morgan fingerprint density at radius 3 is 2.55 bits per heavy atom. The fourth-order valence-electron chi connectivity index (χ4n) is 2.48. The Bertz CT molecular complexity index is 564. The number of nitrogens with zero attached hydrogens (tertiary/aromatic N) is 1. The molecule has 20 heavy (non-hydrogen) atoms. The summed E-state index contributed by atoms with van der Waals surface area (Å²) in [6.45, 7) is 3.84.